The zero-order valence-electron chi connectivity index (χ0n) is 12.5. The summed E-state index contributed by atoms with van der Waals surface area (Å²) in [4.78, 5) is 2.19. The molecule has 4 heteroatoms. The third kappa shape index (κ3) is 4.18. The van der Waals surface area contributed by atoms with Gasteiger partial charge in [0.05, 0.1) is 7.11 Å². The summed E-state index contributed by atoms with van der Waals surface area (Å²) in [5.74, 6) is -0.0424. The molecule has 0 heterocycles. The molecule has 0 spiro atoms. The van der Waals surface area contributed by atoms with E-state index in [1.807, 2.05) is 13.1 Å². The molecule has 0 aliphatic heterocycles. The Labute approximate surface area is 115 Å². The number of methoxy groups -OCH3 is 1. The molecule has 0 radical (unpaired) electrons. The minimum atomic E-state index is -0.321. The molecule has 19 heavy (non-hydrogen) atoms. The monoisotopic (exact) mass is 268 g/mol. The Morgan fingerprint density at radius 3 is 2.53 bits per heavy atom. The first kappa shape index (κ1) is 15.9. The highest BCUT2D eigenvalue weighted by Gasteiger charge is 2.22. The third-order valence-corrected chi connectivity index (χ3v) is 3.55. The molecule has 1 aromatic rings. The van der Waals surface area contributed by atoms with Gasteiger partial charge in [0, 0.05) is 12.6 Å². The maximum atomic E-state index is 13.7. The molecule has 0 saturated carbocycles. The van der Waals surface area contributed by atoms with Crippen LogP contribution in [0, 0.1) is 11.2 Å². The lowest BCUT2D eigenvalue weighted by Crippen LogP contribution is -2.37. The average Bonchev–Trinajstić information content (AvgIpc) is 2.37. The Balaban J connectivity index is 2.82. The van der Waals surface area contributed by atoms with Gasteiger partial charge >= 0.3 is 0 Å². The SMILES string of the molecule is COc1ccc(C(C)N(C)CC(C)(C)CN)cc1F. The van der Waals surface area contributed by atoms with Crippen LogP contribution in [0.4, 0.5) is 4.39 Å². The summed E-state index contributed by atoms with van der Waals surface area (Å²) in [5, 5.41) is 0. The van der Waals surface area contributed by atoms with E-state index in [2.05, 4.69) is 25.7 Å². The van der Waals surface area contributed by atoms with Crippen molar-refractivity contribution in [2.75, 3.05) is 27.2 Å². The van der Waals surface area contributed by atoms with E-state index >= 15 is 0 Å². The van der Waals surface area contributed by atoms with Crippen LogP contribution in [0.3, 0.4) is 0 Å². The Morgan fingerprint density at radius 2 is 2.05 bits per heavy atom. The first-order valence-corrected chi connectivity index (χ1v) is 6.54. The Morgan fingerprint density at radius 1 is 1.42 bits per heavy atom. The lowest BCUT2D eigenvalue weighted by molar-refractivity contribution is 0.174. The summed E-state index contributed by atoms with van der Waals surface area (Å²) < 4.78 is 18.6. The van der Waals surface area contributed by atoms with Crippen LogP contribution in [0.5, 0.6) is 5.75 Å². The maximum Gasteiger partial charge on any atom is 0.165 e. The lowest BCUT2D eigenvalue weighted by Gasteiger charge is -2.33. The number of nitrogens with two attached hydrogens (primary N) is 1. The second-order valence-electron chi connectivity index (χ2n) is 5.85. The molecule has 0 bridgehead atoms. The highest BCUT2D eigenvalue weighted by Crippen LogP contribution is 2.26. The summed E-state index contributed by atoms with van der Waals surface area (Å²) in [6.45, 7) is 7.81. The van der Waals surface area contributed by atoms with Crippen molar-refractivity contribution in [1.29, 1.82) is 0 Å². The molecule has 0 aromatic heterocycles. The molecule has 0 aliphatic rings. The van der Waals surface area contributed by atoms with E-state index in [4.69, 9.17) is 10.5 Å². The van der Waals surface area contributed by atoms with Gasteiger partial charge in [0.2, 0.25) is 0 Å². The van der Waals surface area contributed by atoms with Gasteiger partial charge in [0.15, 0.2) is 11.6 Å². The molecule has 1 unspecified atom stereocenters. The van der Waals surface area contributed by atoms with Crippen LogP contribution < -0.4 is 10.5 Å². The fourth-order valence-electron chi connectivity index (χ4n) is 2.07. The molecule has 108 valence electrons. The lowest BCUT2D eigenvalue weighted by atomic mass is 9.92. The minimum absolute atomic E-state index is 0.0496. The normalized spacial score (nSPS) is 13.7. The van der Waals surface area contributed by atoms with Gasteiger partial charge in [0.1, 0.15) is 0 Å². The van der Waals surface area contributed by atoms with Gasteiger partial charge < -0.3 is 10.5 Å². The molecule has 1 aromatic carbocycles. The predicted octanol–water partition coefficient (Wildman–Crippen LogP) is 2.81. The zero-order valence-corrected chi connectivity index (χ0v) is 12.5. The fraction of sp³-hybridized carbons (Fsp3) is 0.600. The summed E-state index contributed by atoms with van der Waals surface area (Å²) in [6, 6.07) is 5.24. The Kier molecular flexibility index (Phi) is 5.32. The molecule has 2 N–H and O–H groups in total. The number of halogens is 1. The second kappa shape index (κ2) is 6.35. The first-order chi connectivity index (χ1) is 8.80. The maximum absolute atomic E-state index is 13.7. The van der Waals surface area contributed by atoms with Crippen molar-refractivity contribution in [1.82, 2.24) is 4.90 Å². The van der Waals surface area contributed by atoms with Gasteiger partial charge in [0.25, 0.3) is 0 Å². The number of benzene rings is 1. The topological polar surface area (TPSA) is 38.5 Å². The molecule has 3 nitrogen and oxygen atoms in total. The molecule has 0 saturated heterocycles. The van der Waals surface area contributed by atoms with Crippen LogP contribution in [0.2, 0.25) is 0 Å². The van der Waals surface area contributed by atoms with Gasteiger partial charge in [-0.25, -0.2) is 4.39 Å². The molecule has 1 rings (SSSR count). The first-order valence-electron chi connectivity index (χ1n) is 6.54. The van der Waals surface area contributed by atoms with Crippen molar-refractivity contribution in [2.45, 2.75) is 26.8 Å². The molecule has 0 amide bonds. The third-order valence-electron chi connectivity index (χ3n) is 3.55. The van der Waals surface area contributed by atoms with Crippen LogP contribution in [0.25, 0.3) is 0 Å². The van der Waals surface area contributed by atoms with Crippen LogP contribution in [0.1, 0.15) is 32.4 Å². The van der Waals surface area contributed by atoms with Gasteiger partial charge in [-0.2, -0.15) is 0 Å². The summed E-state index contributed by atoms with van der Waals surface area (Å²) in [5.41, 5.74) is 6.74. The summed E-state index contributed by atoms with van der Waals surface area (Å²) in [6.07, 6.45) is 0. The number of ether oxygens (including phenoxy) is 1. The predicted molar refractivity (Wildman–Crippen MR) is 76.8 cm³/mol. The number of hydrogen-bond acceptors (Lipinski definition) is 3. The summed E-state index contributed by atoms with van der Waals surface area (Å²) in [7, 11) is 3.50. The van der Waals surface area contributed by atoms with Crippen LogP contribution >= 0.6 is 0 Å². The van der Waals surface area contributed by atoms with E-state index in [1.54, 1.807) is 6.07 Å². The molecule has 0 aliphatic carbocycles. The average molecular weight is 268 g/mol. The van der Waals surface area contributed by atoms with Gasteiger partial charge in [-0.05, 0) is 43.6 Å². The highest BCUT2D eigenvalue weighted by molar-refractivity contribution is 5.30. The number of nitrogens with zero attached hydrogens (tertiary/aromatic N) is 1. The van der Waals surface area contributed by atoms with Crippen molar-refractivity contribution >= 4 is 0 Å². The van der Waals surface area contributed by atoms with E-state index in [0.29, 0.717) is 6.54 Å². The van der Waals surface area contributed by atoms with Crippen molar-refractivity contribution in [3.05, 3.63) is 29.6 Å². The standard InChI is InChI=1S/C15H25FN2O/c1-11(18(4)10-15(2,3)9-17)12-6-7-14(19-5)13(16)8-12/h6-8,11H,9-10,17H2,1-5H3. The second-order valence-corrected chi connectivity index (χ2v) is 5.85. The van der Waals surface area contributed by atoms with E-state index in [0.717, 1.165) is 12.1 Å². The summed E-state index contributed by atoms with van der Waals surface area (Å²) >= 11 is 0. The zero-order chi connectivity index (χ0) is 14.6. The van der Waals surface area contributed by atoms with Crippen molar-refractivity contribution < 1.29 is 9.13 Å². The molecular formula is C15H25FN2O. The Hall–Kier alpha value is -1.13. The smallest absolute Gasteiger partial charge is 0.165 e. The quantitative estimate of drug-likeness (QED) is 0.862. The van der Waals surface area contributed by atoms with Crippen molar-refractivity contribution in [3.8, 4) is 5.75 Å². The highest BCUT2D eigenvalue weighted by atomic mass is 19.1. The van der Waals surface area contributed by atoms with Crippen LogP contribution in [-0.2, 0) is 0 Å². The van der Waals surface area contributed by atoms with Crippen LogP contribution in [0.15, 0.2) is 18.2 Å². The van der Waals surface area contributed by atoms with Crippen LogP contribution in [-0.4, -0.2) is 32.1 Å². The number of rotatable bonds is 6. The molecule has 0 fully saturated rings. The van der Waals surface area contributed by atoms with E-state index in [-0.39, 0.29) is 23.0 Å². The molecule has 1 atom stereocenters. The largest absolute Gasteiger partial charge is 0.494 e. The van der Waals surface area contributed by atoms with E-state index in [1.165, 1.54) is 13.2 Å². The fourth-order valence-corrected chi connectivity index (χ4v) is 2.07. The van der Waals surface area contributed by atoms with E-state index < -0.39 is 0 Å². The van der Waals surface area contributed by atoms with E-state index in [9.17, 15) is 4.39 Å². The van der Waals surface area contributed by atoms with Crippen molar-refractivity contribution in [2.24, 2.45) is 11.1 Å². The van der Waals surface area contributed by atoms with Gasteiger partial charge in [-0.15, -0.1) is 0 Å². The Bertz CT molecular complexity index is 421. The minimum Gasteiger partial charge on any atom is -0.494 e. The van der Waals surface area contributed by atoms with Gasteiger partial charge in [-0.1, -0.05) is 19.9 Å². The number of hydrogen-bond donors (Lipinski definition) is 1. The van der Waals surface area contributed by atoms with Crippen molar-refractivity contribution in [3.63, 3.8) is 0 Å². The van der Waals surface area contributed by atoms with Gasteiger partial charge in [-0.3, -0.25) is 4.90 Å². The molecular weight excluding hydrogens is 243 g/mol.